The quantitative estimate of drug-likeness (QED) is 0.706. The van der Waals surface area contributed by atoms with Crippen molar-refractivity contribution in [3.8, 4) is 17.2 Å². The molecular formula is C17H18F3NO5S. The third kappa shape index (κ3) is 5.04. The molecule has 0 amide bonds. The first-order valence-corrected chi connectivity index (χ1v) is 9.04. The Hall–Kier alpha value is -2.46. The van der Waals surface area contributed by atoms with E-state index in [1.54, 1.807) is 18.2 Å². The highest BCUT2D eigenvalue weighted by atomic mass is 32.2. The Morgan fingerprint density at radius 2 is 1.67 bits per heavy atom. The van der Waals surface area contributed by atoms with E-state index >= 15 is 0 Å². The molecule has 0 aliphatic heterocycles. The van der Waals surface area contributed by atoms with Crippen molar-refractivity contribution >= 4 is 10.0 Å². The van der Waals surface area contributed by atoms with E-state index in [-0.39, 0.29) is 6.54 Å². The zero-order valence-corrected chi connectivity index (χ0v) is 15.6. The summed E-state index contributed by atoms with van der Waals surface area (Å²) in [5.74, 6) is 0.111. The van der Waals surface area contributed by atoms with Gasteiger partial charge in [0, 0.05) is 25.2 Å². The third-order valence-electron chi connectivity index (χ3n) is 3.65. The molecule has 0 bridgehead atoms. The monoisotopic (exact) mass is 405 g/mol. The van der Waals surface area contributed by atoms with Gasteiger partial charge in [-0.05, 0) is 18.2 Å². The molecule has 148 valence electrons. The van der Waals surface area contributed by atoms with Crippen molar-refractivity contribution in [2.45, 2.75) is 17.8 Å². The van der Waals surface area contributed by atoms with Gasteiger partial charge in [-0.25, -0.2) is 8.42 Å². The van der Waals surface area contributed by atoms with Crippen LogP contribution >= 0.6 is 0 Å². The number of nitrogens with zero attached hydrogens (tertiary/aromatic N) is 1. The van der Waals surface area contributed by atoms with Crippen molar-refractivity contribution < 1.29 is 35.8 Å². The predicted octanol–water partition coefficient (Wildman–Crippen LogP) is 3.42. The summed E-state index contributed by atoms with van der Waals surface area (Å²) < 4.78 is 78.3. The number of alkyl halides is 3. The lowest BCUT2D eigenvalue weighted by Gasteiger charge is -2.21. The largest absolute Gasteiger partial charge is 0.573 e. The molecule has 6 nitrogen and oxygen atoms in total. The van der Waals surface area contributed by atoms with Crippen LogP contribution in [0.25, 0.3) is 0 Å². The minimum atomic E-state index is -5.01. The average Bonchev–Trinajstić information content (AvgIpc) is 2.60. The summed E-state index contributed by atoms with van der Waals surface area (Å²) >= 11 is 0. The van der Waals surface area contributed by atoms with Gasteiger partial charge < -0.3 is 14.2 Å². The van der Waals surface area contributed by atoms with Gasteiger partial charge in [-0.1, -0.05) is 18.2 Å². The molecule has 0 N–H and O–H groups in total. The van der Waals surface area contributed by atoms with Crippen LogP contribution in [0, 0.1) is 0 Å². The zero-order chi connectivity index (χ0) is 20.2. The fraction of sp³-hybridized carbons (Fsp3) is 0.294. The van der Waals surface area contributed by atoms with Crippen molar-refractivity contribution in [1.82, 2.24) is 4.31 Å². The molecule has 2 aromatic rings. The molecule has 0 unspecified atom stereocenters. The van der Waals surface area contributed by atoms with E-state index < -0.39 is 27.0 Å². The number of methoxy groups -OCH3 is 2. The Kier molecular flexibility index (Phi) is 6.22. The van der Waals surface area contributed by atoms with Gasteiger partial charge in [0.1, 0.15) is 22.1 Å². The van der Waals surface area contributed by atoms with Crippen LogP contribution in [0.1, 0.15) is 5.56 Å². The Morgan fingerprint density at radius 1 is 1.00 bits per heavy atom. The van der Waals surface area contributed by atoms with Crippen LogP contribution in [-0.4, -0.2) is 40.4 Å². The lowest BCUT2D eigenvalue weighted by atomic mass is 10.2. The lowest BCUT2D eigenvalue weighted by Crippen LogP contribution is -2.28. The topological polar surface area (TPSA) is 65.1 Å². The molecule has 0 radical (unpaired) electrons. The average molecular weight is 405 g/mol. The minimum absolute atomic E-state index is 0.129. The Bertz CT molecular complexity index is 900. The molecular weight excluding hydrogens is 387 g/mol. The number of hydrogen-bond donors (Lipinski definition) is 0. The van der Waals surface area contributed by atoms with Gasteiger partial charge in [-0.3, -0.25) is 0 Å². The van der Waals surface area contributed by atoms with Crippen LogP contribution < -0.4 is 14.2 Å². The third-order valence-corrected chi connectivity index (χ3v) is 5.49. The van der Waals surface area contributed by atoms with Crippen LogP contribution in [0.5, 0.6) is 17.2 Å². The number of benzene rings is 2. The van der Waals surface area contributed by atoms with E-state index in [1.165, 1.54) is 33.4 Å². The highest BCUT2D eigenvalue weighted by Gasteiger charge is 2.35. The SMILES string of the molecule is COc1ccc(CN(C)S(=O)(=O)c2ccccc2OC(F)(F)F)c(OC)c1. The lowest BCUT2D eigenvalue weighted by molar-refractivity contribution is -0.275. The van der Waals surface area contributed by atoms with Gasteiger partial charge in [0.05, 0.1) is 14.2 Å². The van der Waals surface area contributed by atoms with Crippen molar-refractivity contribution in [3.05, 3.63) is 48.0 Å². The zero-order valence-electron chi connectivity index (χ0n) is 14.8. The highest BCUT2D eigenvalue weighted by molar-refractivity contribution is 7.89. The van der Waals surface area contributed by atoms with Crippen LogP contribution in [0.3, 0.4) is 0 Å². The maximum Gasteiger partial charge on any atom is 0.573 e. The second-order valence-electron chi connectivity index (χ2n) is 5.43. The maximum atomic E-state index is 12.8. The number of halogens is 3. The van der Waals surface area contributed by atoms with Crippen LogP contribution in [0.4, 0.5) is 13.2 Å². The van der Waals surface area contributed by atoms with Crippen molar-refractivity contribution in [2.24, 2.45) is 0 Å². The minimum Gasteiger partial charge on any atom is -0.497 e. The van der Waals surface area contributed by atoms with Crippen LogP contribution in [-0.2, 0) is 16.6 Å². The second kappa shape index (κ2) is 8.05. The van der Waals surface area contributed by atoms with Gasteiger partial charge in [0.15, 0.2) is 0 Å². The Labute approximate surface area is 155 Å². The smallest absolute Gasteiger partial charge is 0.497 e. The van der Waals surface area contributed by atoms with E-state index in [1.807, 2.05) is 0 Å². The van der Waals surface area contributed by atoms with E-state index in [2.05, 4.69) is 4.74 Å². The van der Waals surface area contributed by atoms with Crippen molar-refractivity contribution in [1.29, 1.82) is 0 Å². The summed E-state index contributed by atoms with van der Waals surface area (Å²) in [4.78, 5) is -0.586. The summed E-state index contributed by atoms with van der Waals surface area (Å²) in [6.07, 6.45) is -5.01. The summed E-state index contributed by atoms with van der Waals surface area (Å²) in [7, 11) is -0.115. The Balaban J connectivity index is 2.35. The number of rotatable bonds is 7. The highest BCUT2D eigenvalue weighted by Crippen LogP contribution is 2.32. The van der Waals surface area contributed by atoms with Gasteiger partial charge in [0.2, 0.25) is 10.0 Å². The molecule has 0 spiro atoms. The normalized spacial score (nSPS) is 12.1. The van der Waals surface area contributed by atoms with Crippen LogP contribution in [0.2, 0.25) is 0 Å². The predicted molar refractivity (Wildman–Crippen MR) is 91.3 cm³/mol. The molecule has 27 heavy (non-hydrogen) atoms. The molecule has 0 aliphatic carbocycles. The number of sulfonamides is 1. The molecule has 2 rings (SSSR count). The van der Waals surface area contributed by atoms with Gasteiger partial charge in [0.25, 0.3) is 0 Å². The molecule has 0 saturated heterocycles. The number of ether oxygens (including phenoxy) is 3. The summed E-state index contributed by atoms with van der Waals surface area (Å²) in [5.41, 5.74) is 0.513. The molecule has 0 aromatic heterocycles. The maximum absolute atomic E-state index is 12.8. The van der Waals surface area contributed by atoms with Gasteiger partial charge in [-0.2, -0.15) is 4.31 Å². The summed E-state index contributed by atoms with van der Waals surface area (Å²) in [6.45, 7) is -0.129. The molecule has 2 aromatic carbocycles. The summed E-state index contributed by atoms with van der Waals surface area (Å²) in [6, 6.07) is 9.39. The molecule has 0 fully saturated rings. The van der Waals surface area contributed by atoms with E-state index in [0.29, 0.717) is 17.1 Å². The first-order valence-electron chi connectivity index (χ1n) is 7.60. The fourth-order valence-corrected chi connectivity index (χ4v) is 3.61. The first kappa shape index (κ1) is 20.8. The molecule has 0 heterocycles. The van der Waals surface area contributed by atoms with Crippen LogP contribution in [0.15, 0.2) is 47.4 Å². The van der Waals surface area contributed by atoms with Gasteiger partial charge >= 0.3 is 6.36 Å². The molecule has 0 saturated carbocycles. The van der Waals surface area contributed by atoms with Crippen molar-refractivity contribution in [2.75, 3.05) is 21.3 Å². The van der Waals surface area contributed by atoms with E-state index in [4.69, 9.17) is 9.47 Å². The fourth-order valence-electron chi connectivity index (χ4n) is 2.35. The van der Waals surface area contributed by atoms with E-state index in [0.717, 1.165) is 16.4 Å². The number of hydrogen-bond acceptors (Lipinski definition) is 5. The molecule has 0 aliphatic rings. The van der Waals surface area contributed by atoms with Crippen molar-refractivity contribution in [3.63, 3.8) is 0 Å². The molecule has 10 heteroatoms. The van der Waals surface area contributed by atoms with E-state index in [9.17, 15) is 21.6 Å². The molecule has 0 atom stereocenters. The standard InChI is InChI=1S/C17H18F3NO5S/c1-21(11-12-8-9-13(24-2)10-15(12)25-3)27(22,23)16-7-5-4-6-14(16)26-17(18,19)20/h4-10H,11H2,1-3H3. The number of para-hydroxylation sites is 1. The van der Waals surface area contributed by atoms with Gasteiger partial charge in [-0.15, -0.1) is 13.2 Å². The Morgan fingerprint density at radius 3 is 2.26 bits per heavy atom. The first-order chi connectivity index (χ1) is 12.6. The summed E-state index contributed by atoms with van der Waals surface area (Å²) in [5, 5.41) is 0. The second-order valence-corrected chi connectivity index (χ2v) is 7.45.